The Kier molecular flexibility index (Phi) is 3.42. The highest BCUT2D eigenvalue weighted by Crippen LogP contribution is 2.09. The van der Waals surface area contributed by atoms with Crippen LogP contribution in [-0.4, -0.2) is 28.2 Å². The largest absolute Gasteiger partial charge is 0.481 e. The number of hydrogen-bond acceptors (Lipinski definition) is 5. The zero-order chi connectivity index (χ0) is 13.0. The highest BCUT2D eigenvalue weighted by atomic mass is 16.5. The molecule has 2 heterocycles. The van der Waals surface area contributed by atoms with Gasteiger partial charge in [0, 0.05) is 18.8 Å². The average Bonchev–Trinajstić information content (AvgIpc) is 2.82. The number of aromatic nitrogens is 3. The molecule has 1 amide bonds. The Morgan fingerprint density at radius 2 is 2.44 bits per heavy atom. The molecule has 4 N–H and O–H groups in total. The molecule has 2 rings (SSSR count). The minimum atomic E-state index is -0.305. The average molecular weight is 247 g/mol. The van der Waals surface area contributed by atoms with Crippen molar-refractivity contribution >= 4 is 11.6 Å². The van der Waals surface area contributed by atoms with Crippen LogP contribution in [0.25, 0.3) is 0 Å². The van der Waals surface area contributed by atoms with Crippen molar-refractivity contribution in [2.24, 2.45) is 0 Å². The minimum Gasteiger partial charge on any atom is -0.481 e. The Morgan fingerprint density at radius 1 is 1.61 bits per heavy atom. The third-order valence-corrected chi connectivity index (χ3v) is 2.36. The van der Waals surface area contributed by atoms with E-state index in [0.29, 0.717) is 18.1 Å². The number of carbonyl (C=O) groups is 1. The first-order chi connectivity index (χ1) is 8.70. The molecule has 0 unspecified atom stereocenters. The first-order valence-electron chi connectivity index (χ1n) is 5.26. The Labute approximate surface area is 103 Å². The number of carbonyl (C=O) groups excluding carboxylic acids is 1. The summed E-state index contributed by atoms with van der Waals surface area (Å²) < 4.78 is 4.99. The molecule has 0 saturated carbocycles. The fourth-order valence-corrected chi connectivity index (χ4v) is 1.42. The first kappa shape index (κ1) is 11.9. The Hall–Kier alpha value is -2.57. The third-order valence-electron chi connectivity index (χ3n) is 2.36. The second kappa shape index (κ2) is 5.17. The van der Waals surface area contributed by atoms with Crippen molar-refractivity contribution < 1.29 is 9.53 Å². The van der Waals surface area contributed by atoms with E-state index in [1.54, 1.807) is 18.3 Å². The van der Waals surface area contributed by atoms with Crippen molar-refractivity contribution in [3.05, 3.63) is 35.8 Å². The van der Waals surface area contributed by atoms with Crippen LogP contribution in [0.5, 0.6) is 5.88 Å². The summed E-state index contributed by atoms with van der Waals surface area (Å²) in [5, 5.41) is 8.94. The van der Waals surface area contributed by atoms with Crippen molar-refractivity contribution in [1.29, 1.82) is 0 Å². The number of amides is 1. The lowest BCUT2D eigenvalue weighted by Gasteiger charge is -2.05. The maximum absolute atomic E-state index is 11.7. The van der Waals surface area contributed by atoms with Crippen LogP contribution >= 0.6 is 0 Å². The number of methoxy groups -OCH3 is 1. The number of H-pyrrole nitrogens is 1. The van der Waals surface area contributed by atoms with E-state index in [0.717, 1.165) is 5.56 Å². The summed E-state index contributed by atoms with van der Waals surface area (Å²) in [7, 11) is 1.54. The molecule has 0 aliphatic heterocycles. The number of nitrogens with one attached hydrogen (secondary N) is 2. The van der Waals surface area contributed by atoms with Crippen LogP contribution in [0.4, 0.5) is 5.69 Å². The van der Waals surface area contributed by atoms with E-state index >= 15 is 0 Å². The second-order valence-corrected chi connectivity index (χ2v) is 3.59. The molecule has 2 aromatic rings. The molecule has 0 fully saturated rings. The zero-order valence-corrected chi connectivity index (χ0v) is 9.80. The molecule has 0 bridgehead atoms. The monoisotopic (exact) mass is 247 g/mol. The van der Waals surface area contributed by atoms with Crippen molar-refractivity contribution in [1.82, 2.24) is 20.5 Å². The third kappa shape index (κ3) is 2.57. The maximum atomic E-state index is 11.7. The van der Waals surface area contributed by atoms with Gasteiger partial charge in [0.2, 0.25) is 5.88 Å². The lowest BCUT2D eigenvalue weighted by Crippen LogP contribution is -2.24. The van der Waals surface area contributed by atoms with Crippen molar-refractivity contribution in [2.45, 2.75) is 6.54 Å². The van der Waals surface area contributed by atoms with Gasteiger partial charge in [-0.3, -0.25) is 9.89 Å². The standard InChI is InChI=1S/C11H13N5O2/c1-18-9-4-7(2-3-13-9)5-14-11(17)10-8(12)6-15-16-10/h2-4,6H,5,12H2,1H3,(H,14,17)(H,15,16). The lowest BCUT2D eigenvalue weighted by molar-refractivity contribution is 0.0946. The molecule has 2 aromatic heterocycles. The minimum absolute atomic E-state index is 0.260. The number of pyridine rings is 1. The van der Waals surface area contributed by atoms with Crippen LogP contribution in [0.1, 0.15) is 16.1 Å². The van der Waals surface area contributed by atoms with Gasteiger partial charge in [0.15, 0.2) is 0 Å². The smallest absolute Gasteiger partial charge is 0.271 e. The first-order valence-corrected chi connectivity index (χ1v) is 5.26. The summed E-state index contributed by atoms with van der Waals surface area (Å²) in [5.74, 6) is 0.198. The predicted octanol–water partition coefficient (Wildman–Crippen LogP) is 0.325. The number of aromatic amines is 1. The molecule has 0 aromatic carbocycles. The summed E-state index contributed by atoms with van der Waals surface area (Å²) in [6, 6.07) is 3.54. The molecule has 0 aliphatic rings. The quantitative estimate of drug-likeness (QED) is 0.721. The van der Waals surface area contributed by atoms with Crippen LogP contribution in [0, 0.1) is 0 Å². The number of anilines is 1. The van der Waals surface area contributed by atoms with Crippen LogP contribution in [0.15, 0.2) is 24.5 Å². The van der Waals surface area contributed by atoms with E-state index in [-0.39, 0.29) is 11.6 Å². The number of rotatable bonds is 4. The highest BCUT2D eigenvalue weighted by molar-refractivity contribution is 5.96. The summed E-state index contributed by atoms with van der Waals surface area (Å²) in [5.41, 5.74) is 7.03. The molecular formula is C11H13N5O2. The summed E-state index contributed by atoms with van der Waals surface area (Å²) in [4.78, 5) is 15.7. The van der Waals surface area contributed by atoms with Crippen molar-refractivity contribution in [2.75, 3.05) is 12.8 Å². The number of ether oxygens (including phenoxy) is 1. The number of hydrogen-bond donors (Lipinski definition) is 3. The highest BCUT2D eigenvalue weighted by Gasteiger charge is 2.11. The normalized spacial score (nSPS) is 10.1. The van der Waals surface area contributed by atoms with Crippen molar-refractivity contribution in [3.63, 3.8) is 0 Å². The van der Waals surface area contributed by atoms with E-state index in [9.17, 15) is 4.79 Å². The van der Waals surface area contributed by atoms with E-state index in [2.05, 4.69) is 20.5 Å². The van der Waals surface area contributed by atoms with Crippen LogP contribution in [-0.2, 0) is 6.54 Å². The van der Waals surface area contributed by atoms with Gasteiger partial charge in [0.1, 0.15) is 5.69 Å². The molecular weight excluding hydrogens is 234 g/mol. The number of nitrogen functional groups attached to an aromatic ring is 1. The molecule has 7 nitrogen and oxygen atoms in total. The van der Waals surface area contributed by atoms with Crippen LogP contribution in [0.3, 0.4) is 0 Å². The maximum Gasteiger partial charge on any atom is 0.271 e. The molecule has 0 spiro atoms. The van der Waals surface area contributed by atoms with Crippen molar-refractivity contribution in [3.8, 4) is 5.88 Å². The fraction of sp³-hybridized carbons (Fsp3) is 0.182. The molecule has 0 aliphatic carbocycles. The Bertz CT molecular complexity index is 552. The lowest BCUT2D eigenvalue weighted by atomic mass is 10.2. The zero-order valence-electron chi connectivity index (χ0n) is 9.80. The molecule has 94 valence electrons. The van der Waals surface area contributed by atoms with Crippen LogP contribution < -0.4 is 15.8 Å². The van der Waals surface area contributed by atoms with Gasteiger partial charge < -0.3 is 15.8 Å². The fourth-order valence-electron chi connectivity index (χ4n) is 1.42. The topological polar surface area (TPSA) is 106 Å². The van der Waals surface area contributed by atoms with Gasteiger partial charge in [-0.2, -0.15) is 5.10 Å². The van der Waals surface area contributed by atoms with Gasteiger partial charge in [0.25, 0.3) is 5.91 Å². The predicted molar refractivity (Wildman–Crippen MR) is 65.0 cm³/mol. The van der Waals surface area contributed by atoms with Crippen LogP contribution in [0.2, 0.25) is 0 Å². The summed E-state index contributed by atoms with van der Waals surface area (Å²) >= 11 is 0. The Morgan fingerprint density at radius 3 is 3.11 bits per heavy atom. The van der Waals surface area contributed by atoms with E-state index in [1.807, 2.05) is 0 Å². The second-order valence-electron chi connectivity index (χ2n) is 3.59. The molecule has 18 heavy (non-hydrogen) atoms. The van der Waals surface area contributed by atoms with Gasteiger partial charge in [-0.05, 0) is 11.6 Å². The van der Waals surface area contributed by atoms with E-state index < -0.39 is 0 Å². The van der Waals surface area contributed by atoms with Gasteiger partial charge >= 0.3 is 0 Å². The van der Waals surface area contributed by atoms with Gasteiger partial charge in [-0.25, -0.2) is 4.98 Å². The van der Waals surface area contributed by atoms with E-state index in [1.165, 1.54) is 13.3 Å². The number of nitrogens with two attached hydrogens (primary N) is 1. The number of nitrogens with zero attached hydrogens (tertiary/aromatic N) is 2. The SMILES string of the molecule is COc1cc(CNC(=O)c2[nH]ncc2N)ccn1. The van der Waals surface area contributed by atoms with Gasteiger partial charge in [-0.1, -0.05) is 0 Å². The van der Waals surface area contributed by atoms with Gasteiger partial charge in [0.05, 0.1) is 19.0 Å². The molecule has 0 atom stereocenters. The Balaban J connectivity index is 1.99. The molecule has 0 radical (unpaired) electrons. The molecule has 0 saturated heterocycles. The van der Waals surface area contributed by atoms with E-state index in [4.69, 9.17) is 10.5 Å². The summed E-state index contributed by atoms with van der Waals surface area (Å²) in [6.07, 6.45) is 3.01. The van der Waals surface area contributed by atoms with Gasteiger partial charge in [-0.15, -0.1) is 0 Å². The molecule has 7 heteroatoms. The summed E-state index contributed by atoms with van der Waals surface area (Å²) in [6.45, 7) is 0.357.